The van der Waals surface area contributed by atoms with Crippen LogP contribution in [0.2, 0.25) is 0 Å². The summed E-state index contributed by atoms with van der Waals surface area (Å²) in [5, 5.41) is 2.34. The molecule has 10 aromatic rings. The van der Waals surface area contributed by atoms with Crippen molar-refractivity contribution in [1.29, 1.82) is 0 Å². The zero-order valence-electron chi connectivity index (χ0n) is 45.9. The van der Waals surface area contributed by atoms with Crippen LogP contribution in [0.5, 0.6) is 11.5 Å². The Morgan fingerprint density at radius 2 is 1.01 bits per heavy atom. The van der Waals surface area contributed by atoms with E-state index in [1.807, 2.05) is 6.20 Å². The summed E-state index contributed by atoms with van der Waals surface area (Å²) in [4.78, 5) is 9.91. The highest BCUT2D eigenvalue weighted by atomic mass is 16.5. The Balaban J connectivity index is 1.03. The molecule has 0 amide bonds. The average Bonchev–Trinajstić information content (AvgIpc) is 3.93. The number of pyridine rings is 1. The number of aromatic nitrogens is 2. The van der Waals surface area contributed by atoms with Crippen LogP contribution in [-0.2, 0) is 21.7 Å². The van der Waals surface area contributed by atoms with E-state index in [0.717, 1.165) is 50.8 Å². The highest BCUT2D eigenvalue weighted by Gasteiger charge is 2.34. The van der Waals surface area contributed by atoms with Crippen molar-refractivity contribution in [2.24, 2.45) is 0 Å². The van der Waals surface area contributed by atoms with E-state index in [1.165, 1.54) is 66.7 Å². The minimum Gasteiger partial charge on any atom is -0.457 e. The van der Waals surface area contributed by atoms with Crippen molar-refractivity contribution >= 4 is 44.6 Å². The highest BCUT2D eigenvalue weighted by molar-refractivity contribution is 6.09. The van der Waals surface area contributed by atoms with Gasteiger partial charge in [0, 0.05) is 45.9 Å². The van der Waals surface area contributed by atoms with Gasteiger partial charge >= 0.3 is 0 Å². The molecule has 0 saturated carbocycles. The third kappa shape index (κ3) is 9.28. The molecular weight excluding hydrogens is 913 g/mol. The predicted octanol–water partition coefficient (Wildman–Crippen LogP) is 19.4. The summed E-state index contributed by atoms with van der Waals surface area (Å²) in [5.74, 6) is 2.42. The summed E-state index contributed by atoms with van der Waals surface area (Å²) >= 11 is 0. The minimum absolute atomic E-state index is 0.00255. The molecule has 0 unspecified atom stereocenters. The summed E-state index contributed by atoms with van der Waals surface area (Å²) < 4.78 is 9.16. The molecule has 2 aromatic heterocycles. The van der Waals surface area contributed by atoms with Crippen LogP contribution < -0.4 is 14.5 Å². The normalized spacial score (nSPS) is 13.2. The van der Waals surface area contributed by atoms with Crippen molar-refractivity contribution in [3.63, 3.8) is 0 Å². The first kappa shape index (κ1) is 49.3. The topological polar surface area (TPSA) is 33.5 Å². The lowest BCUT2D eigenvalue weighted by Gasteiger charge is -2.31. The van der Waals surface area contributed by atoms with Gasteiger partial charge in [0.25, 0.3) is 0 Å². The van der Waals surface area contributed by atoms with Gasteiger partial charge in [-0.25, -0.2) is 4.98 Å². The summed E-state index contributed by atoms with van der Waals surface area (Å²) in [7, 11) is 0. The first-order valence-electron chi connectivity index (χ1n) is 26.6. The number of benzene rings is 8. The molecule has 0 fully saturated rings. The van der Waals surface area contributed by atoms with Gasteiger partial charge in [0.2, 0.25) is 0 Å². The van der Waals surface area contributed by atoms with Crippen molar-refractivity contribution in [3.8, 4) is 50.7 Å². The maximum atomic E-state index is 6.89. The second-order valence-corrected chi connectivity index (χ2v) is 24.6. The van der Waals surface area contributed by atoms with Gasteiger partial charge in [-0.15, -0.1) is 0 Å². The number of hydrogen-bond acceptors (Lipinski definition) is 4. The highest BCUT2D eigenvalue weighted by Crippen LogP contribution is 2.52. The van der Waals surface area contributed by atoms with E-state index in [9.17, 15) is 0 Å². The largest absolute Gasteiger partial charge is 0.457 e. The van der Waals surface area contributed by atoms with E-state index in [4.69, 9.17) is 9.72 Å². The second-order valence-electron chi connectivity index (χ2n) is 24.6. The van der Waals surface area contributed by atoms with E-state index in [0.29, 0.717) is 6.67 Å². The smallest absolute Gasteiger partial charge is 0.137 e. The molecule has 5 nitrogen and oxygen atoms in total. The van der Waals surface area contributed by atoms with Gasteiger partial charge in [-0.2, -0.15) is 0 Å². The Labute approximate surface area is 445 Å². The number of ether oxygens (including phenoxy) is 1. The van der Waals surface area contributed by atoms with Crippen molar-refractivity contribution in [3.05, 3.63) is 217 Å². The molecular formula is C70H70N4O. The summed E-state index contributed by atoms with van der Waals surface area (Å²) in [5.41, 5.74) is 19.0. The minimum atomic E-state index is -0.120. The monoisotopic (exact) mass is 983 g/mol. The first-order chi connectivity index (χ1) is 35.7. The molecule has 0 atom stereocenters. The van der Waals surface area contributed by atoms with Crippen LogP contribution in [0.4, 0.5) is 22.7 Å². The van der Waals surface area contributed by atoms with E-state index < -0.39 is 0 Å². The summed E-state index contributed by atoms with van der Waals surface area (Å²) in [6, 6.07) is 68.9. The molecule has 376 valence electrons. The molecule has 1 aliphatic heterocycles. The number of nitrogens with zero attached hydrogens (tertiary/aromatic N) is 4. The predicted molar refractivity (Wildman–Crippen MR) is 318 cm³/mol. The fourth-order valence-electron chi connectivity index (χ4n) is 11.1. The zero-order valence-corrected chi connectivity index (χ0v) is 45.9. The third-order valence-electron chi connectivity index (χ3n) is 15.1. The lowest BCUT2D eigenvalue weighted by molar-refractivity contribution is 0.483. The lowest BCUT2D eigenvalue weighted by Crippen LogP contribution is -2.25. The van der Waals surface area contributed by atoms with E-state index >= 15 is 0 Å². The molecule has 0 spiro atoms. The van der Waals surface area contributed by atoms with Gasteiger partial charge in [-0.05, 0) is 127 Å². The number of anilines is 4. The van der Waals surface area contributed by atoms with Gasteiger partial charge in [0.15, 0.2) is 0 Å². The Kier molecular flexibility index (Phi) is 12.2. The van der Waals surface area contributed by atoms with Crippen molar-refractivity contribution < 1.29 is 4.74 Å². The number of hydrogen-bond donors (Lipinski definition) is 0. The molecule has 0 bridgehead atoms. The number of fused-ring (bicyclic) bond motifs is 4. The Hall–Kier alpha value is -7.89. The van der Waals surface area contributed by atoms with Crippen LogP contribution >= 0.6 is 0 Å². The molecule has 3 heterocycles. The van der Waals surface area contributed by atoms with E-state index in [-0.39, 0.29) is 21.7 Å². The third-order valence-corrected chi connectivity index (χ3v) is 15.1. The van der Waals surface area contributed by atoms with Crippen molar-refractivity contribution in [2.45, 2.75) is 105 Å². The molecule has 0 saturated heterocycles. The summed E-state index contributed by atoms with van der Waals surface area (Å²) in [6.07, 6.45) is 1.93. The molecule has 0 radical (unpaired) electrons. The molecule has 5 heteroatoms. The fourth-order valence-corrected chi connectivity index (χ4v) is 11.1. The lowest BCUT2D eigenvalue weighted by atomic mass is 9.76. The quantitative estimate of drug-likeness (QED) is 0.152. The van der Waals surface area contributed by atoms with E-state index in [2.05, 4.69) is 286 Å². The number of rotatable bonds is 8. The van der Waals surface area contributed by atoms with Gasteiger partial charge in [-0.1, -0.05) is 198 Å². The van der Waals surface area contributed by atoms with Crippen LogP contribution in [0.3, 0.4) is 0 Å². The Morgan fingerprint density at radius 3 is 1.75 bits per heavy atom. The van der Waals surface area contributed by atoms with Crippen LogP contribution in [0.1, 0.15) is 105 Å². The molecule has 8 aromatic carbocycles. The van der Waals surface area contributed by atoms with Crippen molar-refractivity contribution in [2.75, 3.05) is 16.5 Å². The van der Waals surface area contributed by atoms with Crippen LogP contribution in [0.25, 0.3) is 61.0 Å². The maximum absolute atomic E-state index is 6.89. The first-order valence-corrected chi connectivity index (χ1v) is 26.6. The van der Waals surface area contributed by atoms with Crippen molar-refractivity contribution in [1.82, 2.24) is 9.55 Å². The van der Waals surface area contributed by atoms with Gasteiger partial charge in [-0.3, -0.25) is 4.57 Å². The van der Waals surface area contributed by atoms with Crippen LogP contribution in [0.15, 0.2) is 194 Å². The standard InChI is InChI=1S/C70H70N4O/c1-67(2,3)48-33-36-55(60(41-48)70(10,11)12)58-28-21-27-54(47-32-35-53(46-22-14-13-15-23-46)59(40-47)69(7,8)9)66(58)73-45-72(62-30-18-19-31-63(62)73)50-24-20-25-51(43-50)75-52-34-37-57-56-26-16-17-29-61(56)74(64(57)44-52)65-42-49(38-39-71-65)68(4,5)6/h13-44H,45H2,1-12H3. The number of para-hydroxylation sites is 4. The molecule has 0 N–H and O–H groups in total. The van der Waals surface area contributed by atoms with Gasteiger partial charge in [0.1, 0.15) is 24.0 Å². The fraction of sp³-hybridized carbons (Fsp3) is 0.243. The molecule has 75 heavy (non-hydrogen) atoms. The molecule has 0 aliphatic carbocycles. The Bertz CT molecular complexity index is 3780. The molecule has 1 aliphatic rings. The maximum Gasteiger partial charge on any atom is 0.137 e. The zero-order chi connectivity index (χ0) is 52.6. The Morgan fingerprint density at radius 1 is 0.400 bits per heavy atom. The van der Waals surface area contributed by atoms with Gasteiger partial charge in [0.05, 0.1) is 28.1 Å². The summed E-state index contributed by atoms with van der Waals surface area (Å²) in [6.45, 7) is 28.3. The van der Waals surface area contributed by atoms with Gasteiger partial charge < -0.3 is 14.5 Å². The van der Waals surface area contributed by atoms with Crippen LogP contribution in [-0.4, -0.2) is 16.2 Å². The average molecular weight is 983 g/mol. The molecule has 11 rings (SSSR count). The van der Waals surface area contributed by atoms with E-state index in [1.54, 1.807) is 0 Å². The second kappa shape index (κ2) is 18.5. The van der Waals surface area contributed by atoms with Crippen LogP contribution in [0, 0.1) is 0 Å². The SMILES string of the molecule is CC(C)(C)c1ccnc(-n2c3ccccc3c3ccc(Oc4cccc(N5CN(c6c(-c7ccc(-c8ccccc8)c(C(C)(C)C)c7)cccc6-c6ccc(C(C)(C)C)cc6C(C)(C)C)c6ccccc65)c4)cc32)c1.